The summed E-state index contributed by atoms with van der Waals surface area (Å²) >= 11 is 5.89. The highest BCUT2D eigenvalue weighted by Crippen LogP contribution is 2.37. The number of rotatable bonds is 3. The van der Waals surface area contributed by atoms with Gasteiger partial charge in [0.15, 0.2) is 0 Å². The summed E-state index contributed by atoms with van der Waals surface area (Å²) in [6, 6.07) is 6.97. The van der Waals surface area contributed by atoms with Gasteiger partial charge in [0.25, 0.3) is 0 Å². The molecule has 1 saturated carbocycles. The SMILES string of the molecule is ClCc1cccc(N2CCCC2C2CCCC2)n1. The minimum atomic E-state index is 0.510. The Hall–Kier alpha value is -0.760. The van der Waals surface area contributed by atoms with Crippen LogP contribution in [-0.4, -0.2) is 17.6 Å². The maximum Gasteiger partial charge on any atom is 0.129 e. The summed E-state index contributed by atoms with van der Waals surface area (Å²) in [5.74, 6) is 2.55. The van der Waals surface area contributed by atoms with Crippen LogP contribution in [-0.2, 0) is 5.88 Å². The van der Waals surface area contributed by atoms with E-state index in [9.17, 15) is 0 Å². The number of halogens is 1. The highest BCUT2D eigenvalue weighted by atomic mass is 35.5. The van der Waals surface area contributed by atoms with Gasteiger partial charge < -0.3 is 4.90 Å². The van der Waals surface area contributed by atoms with E-state index in [-0.39, 0.29) is 0 Å². The minimum Gasteiger partial charge on any atom is -0.353 e. The Morgan fingerprint density at radius 1 is 1.17 bits per heavy atom. The van der Waals surface area contributed by atoms with E-state index in [2.05, 4.69) is 22.0 Å². The number of hydrogen-bond acceptors (Lipinski definition) is 2. The first-order chi connectivity index (χ1) is 8.88. The Morgan fingerprint density at radius 2 is 2.00 bits per heavy atom. The van der Waals surface area contributed by atoms with Crippen LogP contribution >= 0.6 is 11.6 Å². The van der Waals surface area contributed by atoms with Crippen LogP contribution in [0.25, 0.3) is 0 Å². The fourth-order valence-corrected chi connectivity index (χ4v) is 3.76. The standard InChI is InChI=1S/C15H21ClN2/c16-11-13-7-3-9-15(17-13)18-10-4-8-14(18)12-5-1-2-6-12/h3,7,9,12,14H,1-2,4-6,8,10-11H2. The van der Waals surface area contributed by atoms with Crippen molar-refractivity contribution in [1.82, 2.24) is 4.98 Å². The van der Waals surface area contributed by atoms with Gasteiger partial charge in [-0.3, -0.25) is 0 Å². The molecule has 0 amide bonds. The molecule has 1 aromatic heterocycles. The first kappa shape index (κ1) is 12.3. The molecule has 98 valence electrons. The number of aromatic nitrogens is 1. The number of nitrogens with zero attached hydrogens (tertiary/aromatic N) is 2. The fourth-order valence-electron chi connectivity index (χ4n) is 3.61. The van der Waals surface area contributed by atoms with Crippen molar-refractivity contribution in [3.63, 3.8) is 0 Å². The van der Waals surface area contributed by atoms with Crippen molar-refractivity contribution in [2.75, 3.05) is 11.4 Å². The number of pyridine rings is 1. The van der Waals surface area contributed by atoms with E-state index in [1.54, 1.807) is 0 Å². The van der Waals surface area contributed by atoms with Gasteiger partial charge in [-0.1, -0.05) is 18.9 Å². The monoisotopic (exact) mass is 264 g/mol. The molecule has 1 atom stereocenters. The second-order valence-electron chi connectivity index (χ2n) is 5.57. The molecule has 3 rings (SSSR count). The predicted molar refractivity (Wildman–Crippen MR) is 76.1 cm³/mol. The van der Waals surface area contributed by atoms with Crippen molar-refractivity contribution in [3.8, 4) is 0 Å². The molecule has 3 heteroatoms. The maximum absolute atomic E-state index is 5.89. The van der Waals surface area contributed by atoms with E-state index in [1.165, 1.54) is 45.1 Å². The highest BCUT2D eigenvalue weighted by molar-refractivity contribution is 6.16. The predicted octanol–water partition coefficient (Wildman–Crippen LogP) is 3.98. The van der Waals surface area contributed by atoms with Crippen molar-refractivity contribution in [3.05, 3.63) is 23.9 Å². The smallest absolute Gasteiger partial charge is 0.129 e. The lowest BCUT2D eigenvalue weighted by Crippen LogP contribution is -2.35. The normalized spacial score (nSPS) is 24.9. The van der Waals surface area contributed by atoms with Crippen molar-refractivity contribution < 1.29 is 0 Å². The molecular weight excluding hydrogens is 244 g/mol. The lowest BCUT2D eigenvalue weighted by atomic mass is 9.96. The zero-order valence-corrected chi connectivity index (χ0v) is 11.6. The molecule has 0 N–H and O–H groups in total. The quantitative estimate of drug-likeness (QED) is 0.768. The second kappa shape index (κ2) is 5.48. The molecule has 2 heterocycles. The molecule has 0 aromatic carbocycles. The molecule has 0 spiro atoms. The van der Waals surface area contributed by atoms with E-state index >= 15 is 0 Å². The van der Waals surface area contributed by atoms with Crippen LogP contribution in [0, 0.1) is 5.92 Å². The molecule has 1 aliphatic heterocycles. The largest absolute Gasteiger partial charge is 0.353 e. The minimum absolute atomic E-state index is 0.510. The third kappa shape index (κ3) is 2.35. The summed E-state index contributed by atoms with van der Waals surface area (Å²) in [6.45, 7) is 1.17. The average Bonchev–Trinajstić information content (AvgIpc) is 3.09. The van der Waals surface area contributed by atoms with E-state index in [1.807, 2.05) is 6.07 Å². The molecule has 1 aromatic rings. The third-order valence-electron chi connectivity index (χ3n) is 4.47. The summed E-state index contributed by atoms with van der Waals surface area (Å²) in [5, 5.41) is 0. The van der Waals surface area contributed by atoms with Crippen molar-refractivity contribution in [2.45, 2.75) is 50.4 Å². The van der Waals surface area contributed by atoms with Crippen LogP contribution in [0.3, 0.4) is 0 Å². The van der Waals surface area contributed by atoms with Gasteiger partial charge in [0.1, 0.15) is 5.82 Å². The van der Waals surface area contributed by atoms with E-state index in [4.69, 9.17) is 11.6 Å². The molecule has 2 fully saturated rings. The van der Waals surface area contributed by atoms with Crippen LogP contribution in [0.2, 0.25) is 0 Å². The van der Waals surface area contributed by atoms with E-state index in [0.717, 1.165) is 23.5 Å². The summed E-state index contributed by atoms with van der Waals surface area (Å²) in [5.41, 5.74) is 0.992. The van der Waals surface area contributed by atoms with Gasteiger partial charge in [0.2, 0.25) is 0 Å². The van der Waals surface area contributed by atoms with E-state index in [0.29, 0.717) is 5.88 Å². The Kier molecular flexibility index (Phi) is 3.74. The van der Waals surface area contributed by atoms with Crippen molar-refractivity contribution in [1.29, 1.82) is 0 Å². The molecule has 0 bridgehead atoms. The summed E-state index contributed by atoms with van der Waals surface area (Å²) in [6.07, 6.45) is 8.33. The number of anilines is 1. The maximum atomic E-state index is 5.89. The zero-order chi connectivity index (χ0) is 12.4. The third-order valence-corrected chi connectivity index (χ3v) is 4.74. The van der Waals surface area contributed by atoms with Gasteiger partial charge >= 0.3 is 0 Å². The molecule has 1 aliphatic carbocycles. The summed E-state index contributed by atoms with van der Waals surface area (Å²) < 4.78 is 0. The molecular formula is C15H21ClN2. The van der Waals surface area contributed by atoms with E-state index < -0.39 is 0 Å². The highest BCUT2D eigenvalue weighted by Gasteiger charge is 2.33. The van der Waals surface area contributed by atoms with Gasteiger partial charge in [-0.25, -0.2) is 4.98 Å². The fraction of sp³-hybridized carbons (Fsp3) is 0.667. The lowest BCUT2D eigenvalue weighted by molar-refractivity contribution is 0.429. The molecule has 1 saturated heterocycles. The Balaban J connectivity index is 1.80. The molecule has 2 aliphatic rings. The number of alkyl halides is 1. The summed E-state index contributed by atoms with van der Waals surface area (Å²) in [4.78, 5) is 7.22. The topological polar surface area (TPSA) is 16.1 Å². The Labute approximate surface area is 114 Å². The van der Waals surface area contributed by atoms with Crippen LogP contribution < -0.4 is 4.90 Å². The molecule has 1 unspecified atom stereocenters. The van der Waals surface area contributed by atoms with Gasteiger partial charge in [-0.05, 0) is 43.7 Å². The van der Waals surface area contributed by atoms with Crippen molar-refractivity contribution >= 4 is 17.4 Å². The number of hydrogen-bond donors (Lipinski definition) is 0. The van der Waals surface area contributed by atoms with Crippen molar-refractivity contribution in [2.24, 2.45) is 5.92 Å². The first-order valence-corrected chi connectivity index (χ1v) is 7.70. The second-order valence-corrected chi connectivity index (χ2v) is 5.84. The molecule has 0 radical (unpaired) electrons. The van der Waals surface area contributed by atoms with Crippen LogP contribution in [0.15, 0.2) is 18.2 Å². The van der Waals surface area contributed by atoms with Crippen LogP contribution in [0.5, 0.6) is 0 Å². The van der Waals surface area contributed by atoms with Gasteiger partial charge in [-0.2, -0.15) is 0 Å². The zero-order valence-electron chi connectivity index (χ0n) is 10.8. The molecule has 18 heavy (non-hydrogen) atoms. The first-order valence-electron chi connectivity index (χ1n) is 7.17. The summed E-state index contributed by atoms with van der Waals surface area (Å²) in [7, 11) is 0. The Bertz CT molecular complexity index is 401. The van der Waals surface area contributed by atoms with Crippen LogP contribution in [0.1, 0.15) is 44.2 Å². The average molecular weight is 265 g/mol. The molecule has 2 nitrogen and oxygen atoms in total. The van der Waals surface area contributed by atoms with Gasteiger partial charge in [0.05, 0.1) is 11.6 Å². The van der Waals surface area contributed by atoms with Gasteiger partial charge in [0, 0.05) is 12.6 Å². The van der Waals surface area contributed by atoms with Crippen LogP contribution in [0.4, 0.5) is 5.82 Å². The Morgan fingerprint density at radius 3 is 2.78 bits per heavy atom. The lowest BCUT2D eigenvalue weighted by Gasteiger charge is -2.30. The van der Waals surface area contributed by atoms with Gasteiger partial charge in [-0.15, -0.1) is 11.6 Å².